The molecule has 4 unspecified atom stereocenters. The Labute approximate surface area is 174 Å². The molecule has 1 fully saturated rings. The summed E-state index contributed by atoms with van der Waals surface area (Å²) in [6.07, 6.45) is 12.9. The monoisotopic (exact) mass is 389 g/mol. The Morgan fingerprint density at radius 3 is 2.86 bits per heavy atom. The van der Waals surface area contributed by atoms with Gasteiger partial charge in [-0.1, -0.05) is 44.4 Å². The first-order valence-electron chi connectivity index (χ1n) is 11.2. The lowest BCUT2D eigenvalue weighted by Gasteiger charge is -2.43. The first-order valence-corrected chi connectivity index (χ1v) is 11.2. The minimum atomic E-state index is 0.289. The molecule has 29 heavy (non-hydrogen) atoms. The smallest absolute Gasteiger partial charge is 0.245 e. The fourth-order valence-electron chi connectivity index (χ4n) is 5.38. The van der Waals surface area contributed by atoms with Gasteiger partial charge in [-0.25, -0.2) is 9.98 Å². The fraction of sp³-hybridized carbons (Fsp3) is 0.520. The molecule has 0 radical (unpaired) electrons. The van der Waals surface area contributed by atoms with Gasteiger partial charge < -0.3 is 9.64 Å². The number of ether oxygens (including phenoxy) is 1. The van der Waals surface area contributed by atoms with Gasteiger partial charge in [0.25, 0.3) is 0 Å². The van der Waals surface area contributed by atoms with Crippen LogP contribution in [0.15, 0.2) is 58.2 Å². The van der Waals surface area contributed by atoms with Crippen molar-refractivity contribution < 1.29 is 4.74 Å². The van der Waals surface area contributed by atoms with Crippen LogP contribution in [0, 0.1) is 17.8 Å². The zero-order valence-electron chi connectivity index (χ0n) is 18.0. The minimum Gasteiger partial charge on any atom is -0.417 e. The van der Waals surface area contributed by atoms with Crippen molar-refractivity contribution in [2.45, 2.75) is 65.8 Å². The molecule has 4 aliphatic rings. The highest BCUT2D eigenvalue weighted by Crippen LogP contribution is 2.55. The van der Waals surface area contributed by atoms with E-state index in [1.165, 1.54) is 54.7 Å². The molecule has 5 rings (SSSR count). The van der Waals surface area contributed by atoms with Crippen LogP contribution in [0.3, 0.4) is 0 Å². The Morgan fingerprint density at radius 1 is 1.21 bits per heavy atom. The average Bonchev–Trinajstić information content (AvgIpc) is 3.49. The van der Waals surface area contributed by atoms with Crippen molar-refractivity contribution in [3.05, 3.63) is 53.2 Å². The molecule has 0 saturated heterocycles. The summed E-state index contributed by atoms with van der Waals surface area (Å²) in [4.78, 5) is 11.9. The summed E-state index contributed by atoms with van der Waals surface area (Å²) in [6, 6.07) is 4.45. The van der Waals surface area contributed by atoms with Crippen LogP contribution >= 0.6 is 0 Å². The summed E-state index contributed by atoms with van der Waals surface area (Å²) in [5.41, 5.74) is 6.48. The van der Waals surface area contributed by atoms with Crippen LogP contribution in [0.1, 0.15) is 59.8 Å². The number of aromatic nitrogens is 1. The molecule has 0 bridgehead atoms. The van der Waals surface area contributed by atoms with E-state index in [2.05, 4.69) is 55.8 Å². The quantitative estimate of drug-likeness (QED) is 0.577. The molecule has 0 aromatic carbocycles. The van der Waals surface area contributed by atoms with Gasteiger partial charge in [-0.3, -0.25) is 0 Å². The highest BCUT2D eigenvalue weighted by atomic mass is 16.5. The third-order valence-electron chi connectivity index (χ3n) is 6.84. The molecular formula is C25H31N3O. The van der Waals surface area contributed by atoms with Crippen LogP contribution in [0.5, 0.6) is 5.88 Å². The van der Waals surface area contributed by atoms with E-state index in [0.29, 0.717) is 23.6 Å². The third-order valence-corrected chi connectivity index (χ3v) is 6.84. The maximum atomic E-state index is 6.19. The lowest BCUT2D eigenvalue weighted by molar-refractivity contribution is 0.367. The summed E-state index contributed by atoms with van der Waals surface area (Å²) in [7, 11) is 0. The predicted molar refractivity (Wildman–Crippen MR) is 118 cm³/mol. The first-order chi connectivity index (χ1) is 14.1. The second-order valence-electron chi connectivity index (χ2n) is 9.08. The Kier molecular flexibility index (Phi) is 4.60. The Hall–Kier alpha value is -2.36. The molecular weight excluding hydrogens is 358 g/mol. The van der Waals surface area contributed by atoms with E-state index in [0.717, 1.165) is 11.6 Å². The van der Waals surface area contributed by atoms with Crippen LogP contribution in [-0.4, -0.2) is 16.7 Å². The van der Waals surface area contributed by atoms with E-state index >= 15 is 0 Å². The van der Waals surface area contributed by atoms with Crippen molar-refractivity contribution in [2.75, 3.05) is 4.90 Å². The predicted octanol–water partition coefficient (Wildman–Crippen LogP) is 6.03. The van der Waals surface area contributed by atoms with Gasteiger partial charge in [0.05, 0.1) is 11.7 Å². The van der Waals surface area contributed by atoms with Gasteiger partial charge in [0.15, 0.2) is 0 Å². The lowest BCUT2D eigenvalue weighted by Crippen LogP contribution is -2.45. The molecule has 2 aliphatic carbocycles. The van der Waals surface area contributed by atoms with Gasteiger partial charge in [-0.2, -0.15) is 0 Å². The largest absolute Gasteiger partial charge is 0.417 e. The molecule has 4 atom stereocenters. The van der Waals surface area contributed by atoms with Gasteiger partial charge in [0.2, 0.25) is 11.8 Å². The number of anilines is 1. The van der Waals surface area contributed by atoms with Gasteiger partial charge in [0.1, 0.15) is 5.69 Å². The van der Waals surface area contributed by atoms with Crippen molar-refractivity contribution in [3.63, 3.8) is 0 Å². The van der Waals surface area contributed by atoms with Crippen molar-refractivity contribution >= 4 is 11.4 Å². The zero-order valence-corrected chi connectivity index (χ0v) is 18.0. The van der Waals surface area contributed by atoms with E-state index in [1.54, 1.807) is 6.20 Å². The second-order valence-corrected chi connectivity index (χ2v) is 9.08. The molecule has 0 spiro atoms. The molecule has 1 aromatic rings. The highest BCUT2D eigenvalue weighted by Gasteiger charge is 2.52. The van der Waals surface area contributed by atoms with Gasteiger partial charge in [0, 0.05) is 23.7 Å². The molecule has 3 heterocycles. The molecule has 0 amide bonds. The number of fused-ring (bicyclic) bond motifs is 3. The Balaban J connectivity index is 1.53. The Bertz CT molecular complexity index is 955. The fourth-order valence-corrected chi connectivity index (χ4v) is 5.38. The summed E-state index contributed by atoms with van der Waals surface area (Å²) in [6.45, 7) is 9.05. The van der Waals surface area contributed by atoms with Crippen LogP contribution in [0.4, 0.5) is 5.69 Å². The van der Waals surface area contributed by atoms with Crippen molar-refractivity contribution in [3.8, 4) is 5.88 Å². The van der Waals surface area contributed by atoms with E-state index in [9.17, 15) is 0 Å². The number of allylic oxidation sites excluding steroid dienone is 3. The minimum absolute atomic E-state index is 0.289. The van der Waals surface area contributed by atoms with Crippen LogP contribution in [0.2, 0.25) is 0 Å². The zero-order chi connectivity index (χ0) is 20.1. The second kappa shape index (κ2) is 7.16. The maximum Gasteiger partial charge on any atom is 0.245 e. The normalized spacial score (nSPS) is 29.8. The van der Waals surface area contributed by atoms with E-state index in [1.807, 2.05) is 6.07 Å². The van der Waals surface area contributed by atoms with Crippen molar-refractivity contribution in [1.82, 2.24) is 4.98 Å². The van der Waals surface area contributed by atoms with E-state index in [-0.39, 0.29) is 6.04 Å². The van der Waals surface area contributed by atoms with Crippen LogP contribution in [0.25, 0.3) is 0 Å². The lowest BCUT2D eigenvalue weighted by atomic mass is 9.83. The molecule has 152 valence electrons. The Morgan fingerprint density at radius 2 is 2.07 bits per heavy atom. The summed E-state index contributed by atoms with van der Waals surface area (Å²) in [5, 5.41) is 0. The number of rotatable bonds is 5. The average molecular weight is 390 g/mol. The number of hydrogen-bond acceptors (Lipinski definition) is 4. The van der Waals surface area contributed by atoms with Crippen molar-refractivity contribution in [1.29, 1.82) is 0 Å². The molecule has 2 aliphatic heterocycles. The number of pyridine rings is 1. The topological polar surface area (TPSA) is 37.7 Å². The van der Waals surface area contributed by atoms with Gasteiger partial charge in [-0.15, -0.1) is 0 Å². The molecule has 4 heteroatoms. The summed E-state index contributed by atoms with van der Waals surface area (Å²) < 4.78 is 6.19. The highest BCUT2D eigenvalue weighted by molar-refractivity contribution is 5.90. The van der Waals surface area contributed by atoms with Crippen LogP contribution < -0.4 is 9.64 Å². The first kappa shape index (κ1) is 18.7. The molecule has 1 saturated carbocycles. The summed E-state index contributed by atoms with van der Waals surface area (Å²) >= 11 is 0. The maximum absolute atomic E-state index is 6.19. The molecule has 1 aromatic heterocycles. The molecule has 4 nitrogen and oxygen atoms in total. The number of unbranched alkanes of at least 4 members (excludes halogenated alkanes) is 2. The third kappa shape index (κ3) is 3.13. The van der Waals surface area contributed by atoms with E-state index < -0.39 is 0 Å². The van der Waals surface area contributed by atoms with E-state index in [4.69, 9.17) is 9.73 Å². The standard InChI is InChI=1S/C25H31N3O/c1-5-6-7-9-18-12-15(2)22(16(3)13-18)28-21-10-8-11-26-24(21)29-25-23(28)20-14-19(20)17(4)27-25/h8,10-13,15,19-20,22H,5-7,9,14H2,1-4H3. The number of nitrogens with zero attached hydrogens (tertiary/aromatic N) is 3. The SMILES string of the molecule is CCCCCC1=CC(C)C(N2C3=C(N=C(C)C4CC34)Oc3ncccc32)C(C)=C1. The number of aliphatic imine (C=N–C) groups is 1. The van der Waals surface area contributed by atoms with Gasteiger partial charge >= 0.3 is 0 Å². The summed E-state index contributed by atoms with van der Waals surface area (Å²) in [5.74, 6) is 3.00. The van der Waals surface area contributed by atoms with Crippen molar-refractivity contribution in [2.24, 2.45) is 22.7 Å². The number of hydrogen-bond donors (Lipinski definition) is 0. The molecule has 0 N–H and O–H groups in total. The van der Waals surface area contributed by atoms with Crippen LogP contribution in [-0.2, 0) is 0 Å². The van der Waals surface area contributed by atoms with Gasteiger partial charge in [-0.05, 0) is 56.7 Å².